The van der Waals surface area contributed by atoms with Crippen LogP contribution in [0.5, 0.6) is 17.2 Å². The fourth-order valence-corrected chi connectivity index (χ4v) is 3.94. The van der Waals surface area contributed by atoms with Crippen molar-refractivity contribution in [2.45, 2.75) is 38.5 Å². The first-order chi connectivity index (χ1) is 18.2. The summed E-state index contributed by atoms with van der Waals surface area (Å²) in [5.74, 6) is -16.8. The molecule has 1 aliphatic carbocycles. The molecule has 3 aromatic rings. The minimum atomic E-state index is -2.52. The van der Waals surface area contributed by atoms with Crippen molar-refractivity contribution < 1.29 is 49.0 Å². The molecule has 0 radical (unpaired) electrons. The zero-order valence-electron chi connectivity index (χ0n) is 20.5. The van der Waals surface area contributed by atoms with Crippen LogP contribution in [-0.4, -0.2) is 12.3 Å². The third-order valence-corrected chi connectivity index (χ3v) is 6.45. The molecular formula is C28H19F9O2. The molecule has 0 N–H and O–H groups in total. The van der Waals surface area contributed by atoms with Crippen LogP contribution in [0.1, 0.15) is 31.9 Å². The topological polar surface area (TPSA) is 18.5 Å². The second-order valence-electron chi connectivity index (χ2n) is 9.26. The third kappa shape index (κ3) is 4.97. The van der Waals surface area contributed by atoms with Gasteiger partial charge in [0.2, 0.25) is 34.8 Å². The fourth-order valence-electron chi connectivity index (χ4n) is 3.94. The predicted octanol–water partition coefficient (Wildman–Crippen LogP) is 8.99. The molecule has 2 nitrogen and oxygen atoms in total. The van der Waals surface area contributed by atoms with E-state index in [0.717, 1.165) is 6.92 Å². The van der Waals surface area contributed by atoms with Crippen molar-refractivity contribution in [3.05, 3.63) is 112 Å². The number of rotatable bonds is 6. The molecule has 0 spiro atoms. The monoisotopic (exact) mass is 558 g/mol. The van der Waals surface area contributed by atoms with Crippen molar-refractivity contribution in [2.75, 3.05) is 0 Å². The minimum absolute atomic E-state index is 0.0755. The van der Waals surface area contributed by atoms with Crippen LogP contribution in [0.15, 0.2) is 71.5 Å². The first-order valence-corrected chi connectivity index (χ1v) is 11.4. The van der Waals surface area contributed by atoms with Gasteiger partial charge in [0.1, 0.15) is 11.5 Å². The molecule has 4 rings (SSSR count). The zero-order valence-corrected chi connectivity index (χ0v) is 20.5. The van der Waals surface area contributed by atoms with Crippen LogP contribution in [0.4, 0.5) is 39.5 Å². The summed E-state index contributed by atoms with van der Waals surface area (Å²) in [4.78, 5) is 0. The summed E-state index contributed by atoms with van der Waals surface area (Å²) in [6.45, 7) is 4.53. The standard InChI is InChI=1S/C28H19F9O2/c1-12-17(29)22(34)26(23(35)18(12)30)38-15-8-4-13(5-9-15)28(2,3)14-6-10-16(11-7-14)39-27-24(36)20(32)19(31)21(33)25(27)37/h4-11,17,22H,1-3H3. The van der Waals surface area contributed by atoms with Crippen LogP contribution < -0.4 is 9.47 Å². The number of alkyl halides is 2. The minimum Gasteiger partial charge on any atom is -0.455 e. The molecule has 0 aliphatic heterocycles. The van der Waals surface area contributed by atoms with Gasteiger partial charge in [-0.3, -0.25) is 0 Å². The number of allylic oxidation sites excluding steroid dienone is 4. The van der Waals surface area contributed by atoms with Crippen molar-refractivity contribution >= 4 is 0 Å². The second kappa shape index (κ2) is 10.3. The maximum absolute atomic E-state index is 14.3. The highest BCUT2D eigenvalue weighted by molar-refractivity contribution is 5.44. The number of ether oxygens (including phenoxy) is 2. The lowest BCUT2D eigenvalue weighted by Gasteiger charge is -2.27. The Morgan fingerprint density at radius 2 is 0.974 bits per heavy atom. The molecule has 0 fully saturated rings. The molecule has 0 saturated carbocycles. The number of benzene rings is 3. The van der Waals surface area contributed by atoms with Crippen LogP contribution >= 0.6 is 0 Å². The second-order valence-corrected chi connectivity index (χ2v) is 9.26. The van der Waals surface area contributed by atoms with Gasteiger partial charge in [0, 0.05) is 11.0 Å². The maximum Gasteiger partial charge on any atom is 0.207 e. The van der Waals surface area contributed by atoms with Crippen molar-refractivity contribution in [2.24, 2.45) is 0 Å². The van der Waals surface area contributed by atoms with Gasteiger partial charge in [0.05, 0.1) is 0 Å². The largest absolute Gasteiger partial charge is 0.455 e. The van der Waals surface area contributed by atoms with Crippen molar-refractivity contribution in [1.29, 1.82) is 0 Å². The normalized spacial score (nSPS) is 18.1. The van der Waals surface area contributed by atoms with Gasteiger partial charge in [-0.1, -0.05) is 38.1 Å². The summed E-state index contributed by atoms with van der Waals surface area (Å²) in [7, 11) is 0. The van der Waals surface area contributed by atoms with E-state index in [1.807, 2.05) is 0 Å². The SMILES string of the molecule is CC1=C(F)C(F)=C(Oc2ccc(C(C)(C)c3ccc(Oc4c(F)c(F)c(F)c(F)c4F)cc3)cc2)C(F)C1F. The van der Waals surface area contributed by atoms with Gasteiger partial charge < -0.3 is 9.47 Å². The maximum atomic E-state index is 14.3. The summed E-state index contributed by atoms with van der Waals surface area (Å²) >= 11 is 0. The van der Waals surface area contributed by atoms with E-state index in [4.69, 9.17) is 9.47 Å². The molecular weight excluding hydrogens is 539 g/mol. The molecule has 0 amide bonds. The lowest BCUT2D eigenvalue weighted by molar-refractivity contribution is 0.160. The Hall–Kier alpha value is -3.89. The van der Waals surface area contributed by atoms with Crippen LogP contribution in [0.25, 0.3) is 0 Å². The van der Waals surface area contributed by atoms with Crippen molar-refractivity contribution in [3.8, 4) is 17.2 Å². The Balaban J connectivity index is 1.54. The summed E-state index contributed by atoms with van der Waals surface area (Å²) in [6.07, 6.45) is -4.91. The van der Waals surface area contributed by atoms with Crippen LogP contribution in [0.2, 0.25) is 0 Å². The van der Waals surface area contributed by atoms with Gasteiger partial charge in [-0.05, 0) is 42.3 Å². The zero-order chi connectivity index (χ0) is 28.8. The molecule has 1 aliphatic rings. The van der Waals surface area contributed by atoms with Gasteiger partial charge >= 0.3 is 0 Å². The third-order valence-electron chi connectivity index (χ3n) is 6.45. The Labute approximate surface area is 217 Å². The Bertz CT molecular complexity index is 1450. The lowest BCUT2D eigenvalue weighted by Crippen LogP contribution is -2.29. The summed E-state index contributed by atoms with van der Waals surface area (Å²) < 4.78 is 134. The van der Waals surface area contributed by atoms with Crippen LogP contribution in [-0.2, 0) is 5.41 Å². The highest BCUT2D eigenvalue weighted by Gasteiger charge is 2.39. The molecule has 2 atom stereocenters. The molecule has 0 aromatic heterocycles. The number of hydrogen-bond donors (Lipinski definition) is 0. The summed E-state index contributed by atoms with van der Waals surface area (Å²) in [6, 6.07) is 11.3. The Morgan fingerprint density at radius 1 is 0.564 bits per heavy atom. The van der Waals surface area contributed by atoms with E-state index in [2.05, 4.69) is 0 Å². The van der Waals surface area contributed by atoms with E-state index < -0.39 is 75.6 Å². The molecule has 3 aromatic carbocycles. The van der Waals surface area contributed by atoms with E-state index >= 15 is 0 Å². The van der Waals surface area contributed by atoms with E-state index in [9.17, 15) is 39.5 Å². The van der Waals surface area contributed by atoms with Gasteiger partial charge in [0.15, 0.2) is 29.8 Å². The van der Waals surface area contributed by atoms with Crippen LogP contribution in [0.3, 0.4) is 0 Å². The first-order valence-electron chi connectivity index (χ1n) is 11.4. The highest BCUT2D eigenvalue weighted by Crippen LogP contribution is 2.39. The molecule has 2 unspecified atom stereocenters. The van der Waals surface area contributed by atoms with Crippen molar-refractivity contribution in [3.63, 3.8) is 0 Å². The first kappa shape index (κ1) is 28.1. The Morgan fingerprint density at radius 3 is 1.44 bits per heavy atom. The predicted molar refractivity (Wildman–Crippen MR) is 124 cm³/mol. The average molecular weight is 558 g/mol. The molecule has 0 heterocycles. The van der Waals surface area contributed by atoms with Gasteiger partial charge in [-0.25, -0.2) is 26.3 Å². The summed E-state index contributed by atoms with van der Waals surface area (Å²) in [5.41, 5.74) is -0.152. The van der Waals surface area contributed by atoms with Gasteiger partial charge in [0.25, 0.3) is 0 Å². The molecule has 206 valence electrons. The Kier molecular flexibility index (Phi) is 7.46. The number of halogens is 9. The van der Waals surface area contributed by atoms with Crippen LogP contribution in [0, 0.1) is 29.1 Å². The molecule has 11 heteroatoms. The highest BCUT2D eigenvalue weighted by atomic mass is 19.2. The molecule has 39 heavy (non-hydrogen) atoms. The molecule has 0 saturated heterocycles. The van der Waals surface area contributed by atoms with Gasteiger partial charge in [-0.15, -0.1) is 0 Å². The number of hydrogen-bond acceptors (Lipinski definition) is 2. The van der Waals surface area contributed by atoms with E-state index in [1.54, 1.807) is 26.0 Å². The molecule has 0 bridgehead atoms. The average Bonchev–Trinajstić information content (AvgIpc) is 2.94. The van der Waals surface area contributed by atoms with E-state index in [-0.39, 0.29) is 11.5 Å². The van der Waals surface area contributed by atoms with E-state index in [0.29, 0.717) is 11.1 Å². The smallest absolute Gasteiger partial charge is 0.207 e. The summed E-state index contributed by atoms with van der Waals surface area (Å²) in [5, 5.41) is 0. The van der Waals surface area contributed by atoms with Crippen molar-refractivity contribution in [1.82, 2.24) is 0 Å². The fraction of sp³-hybridized carbons (Fsp3) is 0.214. The lowest BCUT2D eigenvalue weighted by atomic mass is 9.78. The van der Waals surface area contributed by atoms with Gasteiger partial charge in [-0.2, -0.15) is 13.2 Å². The van der Waals surface area contributed by atoms with E-state index in [1.165, 1.54) is 36.4 Å². The quantitative estimate of drug-likeness (QED) is 0.171.